The van der Waals surface area contributed by atoms with Gasteiger partial charge in [-0.15, -0.1) is 0 Å². The number of hydrogen-bond acceptors (Lipinski definition) is 4. The van der Waals surface area contributed by atoms with Crippen molar-refractivity contribution in [2.75, 3.05) is 11.9 Å². The van der Waals surface area contributed by atoms with Gasteiger partial charge in [0.2, 0.25) is 0 Å². The van der Waals surface area contributed by atoms with E-state index in [1.165, 1.54) is 5.56 Å². The number of nitrogens with one attached hydrogen (secondary N) is 1. The van der Waals surface area contributed by atoms with Crippen molar-refractivity contribution in [2.45, 2.75) is 26.2 Å². The van der Waals surface area contributed by atoms with Gasteiger partial charge in [0.1, 0.15) is 5.65 Å². The molecule has 0 aliphatic heterocycles. The summed E-state index contributed by atoms with van der Waals surface area (Å²) in [5.74, 6) is -0.541. The van der Waals surface area contributed by atoms with E-state index < -0.39 is 11.9 Å². The van der Waals surface area contributed by atoms with E-state index >= 15 is 0 Å². The summed E-state index contributed by atoms with van der Waals surface area (Å²) in [6, 6.07) is 13.1. The fourth-order valence-corrected chi connectivity index (χ4v) is 2.57. The minimum absolute atomic E-state index is 0.168. The number of fused-ring (bicyclic) bond motifs is 1. The van der Waals surface area contributed by atoms with Gasteiger partial charge in [0.25, 0.3) is 5.91 Å². The number of anilines is 1. The zero-order valence-electron chi connectivity index (χ0n) is 14.8. The molecule has 0 saturated carbocycles. The second-order valence-electron chi connectivity index (χ2n) is 6.15. The van der Waals surface area contributed by atoms with Crippen molar-refractivity contribution < 1.29 is 14.3 Å². The molecule has 2 aromatic heterocycles. The van der Waals surface area contributed by atoms with E-state index in [0.29, 0.717) is 17.3 Å². The molecule has 1 N–H and O–H groups in total. The van der Waals surface area contributed by atoms with Gasteiger partial charge < -0.3 is 14.5 Å². The summed E-state index contributed by atoms with van der Waals surface area (Å²) in [5, 5.41) is 2.72. The quantitative estimate of drug-likeness (QED) is 0.688. The van der Waals surface area contributed by atoms with Crippen LogP contribution in [0.25, 0.3) is 5.65 Å². The normalized spacial score (nSPS) is 11.9. The molecule has 0 fully saturated rings. The van der Waals surface area contributed by atoms with Crippen molar-refractivity contribution in [1.82, 2.24) is 9.38 Å². The van der Waals surface area contributed by atoms with Crippen LogP contribution in [-0.2, 0) is 9.53 Å². The number of esters is 1. The van der Waals surface area contributed by atoms with Crippen LogP contribution in [0, 0.1) is 0 Å². The Labute approximate surface area is 151 Å². The second kappa shape index (κ2) is 7.82. The van der Waals surface area contributed by atoms with Crippen LogP contribution in [0.3, 0.4) is 0 Å². The maximum Gasteiger partial charge on any atom is 0.359 e. The van der Waals surface area contributed by atoms with Gasteiger partial charge in [-0.25, -0.2) is 9.78 Å². The molecule has 1 atom stereocenters. The molecule has 0 unspecified atom stereocenters. The van der Waals surface area contributed by atoms with E-state index in [1.54, 1.807) is 22.9 Å². The van der Waals surface area contributed by atoms with Crippen LogP contribution >= 0.6 is 0 Å². The number of hydrogen-bond donors (Lipinski definition) is 1. The molecule has 0 saturated heterocycles. The third kappa shape index (κ3) is 4.08. The van der Waals surface area contributed by atoms with Crippen molar-refractivity contribution in [3.05, 3.63) is 66.1 Å². The molecule has 3 aromatic rings. The SMILES string of the molecule is CC[C@@H](C)c1ccc(NC(=O)COC(=O)c2cn3ccccc3n2)cc1. The fraction of sp³-hybridized carbons (Fsp3) is 0.250. The van der Waals surface area contributed by atoms with E-state index in [-0.39, 0.29) is 12.3 Å². The predicted octanol–water partition coefficient (Wildman–Crippen LogP) is 3.64. The Balaban J connectivity index is 1.54. The molecular weight excluding hydrogens is 330 g/mol. The first-order valence-corrected chi connectivity index (χ1v) is 8.57. The van der Waals surface area contributed by atoms with E-state index in [2.05, 4.69) is 24.1 Å². The minimum atomic E-state index is -0.629. The Hall–Kier alpha value is -3.15. The number of imidazole rings is 1. The number of amides is 1. The fourth-order valence-electron chi connectivity index (χ4n) is 2.57. The summed E-state index contributed by atoms with van der Waals surface area (Å²) in [6.07, 6.45) is 4.42. The summed E-state index contributed by atoms with van der Waals surface area (Å²) in [4.78, 5) is 28.2. The lowest BCUT2D eigenvalue weighted by Gasteiger charge is -2.10. The molecule has 0 aliphatic carbocycles. The van der Waals surface area contributed by atoms with Gasteiger partial charge in [-0.2, -0.15) is 0 Å². The molecule has 2 heterocycles. The van der Waals surface area contributed by atoms with Gasteiger partial charge in [-0.1, -0.05) is 32.0 Å². The Kier molecular flexibility index (Phi) is 5.31. The average Bonchev–Trinajstić information content (AvgIpc) is 3.10. The third-order valence-electron chi connectivity index (χ3n) is 4.28. The van der Waals surface area contributed by atoms with Crippen molar-refractivity contribution >= 4 is 23.2 Å². The molecule has 1 aromatic carbocycles. The second-order valence-corrected chi connectivity index (χ2v) is 6.15. The first kappa shape index (κ1) is 17.7. The van der Waals surface area contributed by atoms with Crippen LogP contribution in [0.2, 0.25) is 0 Å². The number of carbonyl (C=O) groups excluding carboxylic acids is 2. The van der Waals surface area contributed by atoms with E-state index in [4.69, 9.17) is 4.74 Å². The Morgan fingerprint density at radius 1 is 1.19 bits per heavy atom. The van der Waals surface area contributed by atoms with Crippen molar-refractivity contribution in [3.8, 4) is 0 Å². The Morgan fingerprint density at radius 2 is 1.96 bits per heavy atom. The number of rotatable bonds is 6. The lowest BCUT2D eigenvalue weighted by Crippen LogP contribution is -2.21. The molecule has 6 heteroatoms. The van der Waals surface area contributed by atoms with Crippen LogP contribution in [0.1, 0.15) is 42.2 Å². The molecule has 0 spiro atoms. The van der Waals surface area contributed by atoms with Gasteiger partial charge in [0, 0.05) is 18.1 Å². The average molecular weight is 351 g/mol. The molecule has 134 valence electrons. The number of ether oxygens (including phenoxy) is 1. The highest BCUT2D eigenvalue weighted by atomic mass is 16.5. The van der Waals surface area contributed by atoms with Crippen LogP contribution < -0.4 is 5.32 Å². The first-order chi connectivity index (χ1) is 12.6. The summed E-state index contributed by atoms with van der Waals surface area (Å²) in [6.45, 7) is 3.93. The zero-order chi connectivity index (χ0) is 18.5. The standard InChI is InChI=1S/C20H21N3O3/c1-3-14(2)15-7-9-16(10-8-15)21-19(24)13-26-20(25)17-12-23-11-5-4-6-18(23)22-17/h4-12,14H,3,13H2,1-2H3,(H,21,24)/t14-/m1/s1. The highest BCUT2D eigenvalue weighted by Crippen LogP contribution is 2.20. The maximum atomic E-state index is 12.0. The number of benzene rings is 1. The predicted molar refractivity (Wildman–Crippen MR) is 99.3 cm³/mol. The molecular formula is C20H21N3O3. The molecule has 1 amide bonds. The van der Waals surface area contributed by atoms with Gasteiger partial charge in [-0.3, -0.25) is 4.79 Å². The van der Waals surface area contributed by atoms with Crippen LogP contribution in [0.4, 0.5) is 5.69 Å². The first-order valence-electron chi connectivity index (χ1n) is 8.57. The number of aromatic nitrogens is 2. The highest BCUT2D eigenvalue weighted by molar-refractivity contribution is 5.95. The van der Waals surface area contributed by atoms with Gasteiger partial charge in [0.15, 0.2) is 12.3 Å². The summed E-state index contributed by atoms with van der Waals surface area (Å²) >= 11 is 0. The third-order valence-corrected chi connectivity index (χ3v) is 4.28. The summed E-state index contributed by atoms with van der Waals surface area (Å²) in [5.41, 5.74) is 2.71. The monoisotopic (exact) mass is 351 g/mol. The topological polar surface area (TPSA) is 72.7 Å². The number of carbonyl (C=O) groups is 2. The van der Waals surface area contributed by atoms with Gasteiger partial charge in [0.05, 0.1) is 0 Å². The molecule has 6 nitrogen and oxygen atoms in total. The van der Waals surface area contributed by atoms with Crippen LogP contribution in [0.5, 0.6) is 0 Å². The zero-order valence-corrected chi connectivity index (χ0v) is 14.8. The lowest BCUT2D eigenvalue weighted by atomic mass is 9.99. The van der Waals surface area contributed by atoms with E-state index in [1.807, 2.05) is 36.4 Å². The highest BCUT2D eigenvalue weighted by Gasteiger charge is 2.14. The Bertz CT molecular complexity index is 882. The number of nitrogens with zero attached hydrogens (tertiary/aromatic N) is 2. The maximum absolute atomic E-state index is 12.0. The molecule has 0 bridgehead atoms. The largest absolute Gasteiger partial charge is 0.451 e. The number of pyridine rings is 1. The molecule has 0 radical (unpaired) electrons. The minimum Gasteiger partial charge on any atom is -0.451 e. The molecule has 26 heavy (non-hydrogen) atoms. The van der Waals surface area contributed by atoms with Crippen LogP contribution in [-0.4, -0.2) is 27.9 Å². The van der Waals surface area contributed by atoms with Crippen molar-refractivity contribution in [2.24, 2.45) is 0 Å². The lowest BCUT2D eigenvalue weighted by molar-refractivity contribution is -0.119. The van der Waals surface area contributed by atoms with Gasteiger partial charge in [-0.05, 0) is 42.2 Å². The van der Waals surface area contributed by atoms with Gasteiger partial charge >= 0.3 is 5.97 Å². The molecule has 0 aliphatic rings. The van der Waals surface area contributed by atoms with Crippen molar-refractivity contribution in [1.29, 1.82) is 0 Å². The smallest absolute Gasteiger partial charge is 0.359 e. The van der Waals surface area contributed by atoms with Crippen LogP contribution in [0.15, 0.2) is 54.9 Å². The van der Waals surface area contributed by atoms with Crippen molar-refractivity contribution in [3.63, 3.8) is 0 Å². The van der Waals surface area contributed by atoms with E-state index in [9.17, 15) is 9.59 Å². The summed E-state index contributed by atoms with van der Waals surface area (Å²) in [7, 11) is 0. The Morgan fingerprint density at radius 3 is 2.65 bits per heavy atom. The summed E-state index contributed by atoms with van der Waals surface area (Å²) < 4.78 is 6.76. The molecule has 3 rings (SSSR count). The van der Waals surface area contributed by atoms with E-state index in [0.717, 1.165) is 6.42 Å².